The molecule has 0 radical (unpaired) electrons. The molecule has 2 rings (SSSR count). The number of carboxylic acids is 1. The van der Waals surface area contributed by atoms with Crippen molar-refractivity contribution in [3.8, 4) is 0 Å². The van der Waals surface area contributed by atoms with Gasteiger partial charge in [0.2, 0.25) is 0 Å². The zero-order valence-electron chi connectivity index (χ0n) is 9.98. The Balaban J connectivity index is 2.41. The molecule has 0 aliphatic heterocycles. The first-order valence-corrected chi connectivity index (χ1v) is 7.38. The Bertz CT molecular complexity index is 731. The van der Waals surface area contributed by atoms with E-state index in [1.54, 1.807) is 20.0 Å². The second-order valence-electron chi connectivity index (χ2n) is 3.69. The van der Waals surface area contributed by atoms with Crippen LogP contribution in [0.2, 0.25) is 0 Å². The molecule has 0 amide bonds. The van der Waals surface area contributed by atoms with Crippen molar-refractivity contribution >= 4 is 33.1 Å². The summed E-state index contributed by atoms with van der Waals surface area (Å²) in [5, 5.41) is 12.9. The minimum Gasteiger partial charge on any atom is -0.476 e. The Morgan fingerprint density at radius 3 is 2.74 bits per heavy atom. The van der Waals surface area contributed by atoms with E-state index in [1.165, 1.54) is 10.2 Å². The number of hydrogen-bond acceptors (Lipinski definition) is 6. The van der Waals surface area contributed by atoms with Gasteiger partial charge in [-0.05, 0) is 6.92 Å². The van der Waals surface area contributed by atoms with E-state index in [4.69, 9.17) is 5.11 Å². The third-order valence-electron chi connectivity index (χ3n) is 2.22. The highest BCUT2D eigenvalue weighted by Crippen LogP contribution is 2.23. The molecule has 0 aliphatic rings. The molecule has 2 aromatic rings. The number of aromatic carboxylic acids is 1. The van der Waals surface area contributed by atoms with Crippen LogP contribution in [0.25, 0.3) is 0 Å². The van der Waals surface area contributed by atoms with Crippen LogP contribution in [0, 0.1) is 6.92 Å². The van der Waals surface area contributed by atoms with Crippen LogP contribution in [0.4, 0.5) is 5.82 Å². The molecule has 0 bridgehead atoms. The van der Waals surface area contributed by atoms with Gasteiger partial charge in [-0.2, -0.15) is 5.10 Å². The fourth-order valence-corrected chi connectivity index (χ4v) is 3.68. The van der Waals surface area contributed by atoms with Gasteiger partial charge in [-0.15, -0.1) is 11.3 Å². The fourth-order valence-electron chi connectivity index (χ4n) is 1.46. The standard InChI is InChI=1S/C9H10N4O4S2/c1-5-3-6(13(2)11-5)12-19(16,17)9-7(8(14)15)10-4-18-9/h3-4,12H,1-2H3,(H,14,15). The van der Waals surface area contributed by atoms with Crippen LogP contribution < -0.4 is 4.72 Å². The van der Waals surface area contributed by atoms with Crippen molar-refractivity contribution in [3.05, 3.63) is 23.0 Å². The van der Waals surface area contributed by atoms with Crippen molar-refractivity contribution in [1.29, 1.82) is 0 Å². The lowest BCUT2D eigenvalue weighted by atomic mass is 10.5. The molecule has 0 spiro atoms. The maximum absolute atomic E-state index is 12.1. The molecule has 10 heteroatoms. The molecule has 0 aromatic carbocycles. The zero-order valence-corrected chi connectivity index (χ0v) is 11.6. The Morgan fingerprint density at radius 2 is 2.21 bits per heavy atom. The first-order valence-electron chi connectivity index (χ1n) is 5.01. The summed E-state index contributed by atoms with van der Waals surface area (Å²) in [6.07, 6.45) is 0. The molecule has 2 N–H and O–H groups in total. The fraction of sp³-hybridized carbons (Fsp3) is 0.222. The lowest BCUT2D eigenvalue weighted by Gasteiger charge is -2.06. The number of rotatable bonds is 4. The van der Waals surface area contributed by atoms with E-state index in [0.717, 1.165) is 11.3 Å². The molecular formula is C9H10N4O4S2. The van der Waals surface area contributed by atoms with E-state index in [-0.39, 0.29) is 10.0 Å². The van der Waals surface area contributed by atoms with Crippen LogP contribution in [0.3, 0.4) is 0 Å². The van der Waals surface area contributed by atoms with Crippen molar-refractivity contribution in [1.82, 2.24) is 14.8 Å². The van der Waals surface area contributed by atoms with E-state index in [0.29, 0.717) is 5.69 Å². The van der Waals surface area contributed by atoms with Crippen LogP contribution in [0.5, 0.6) is 0 Å². The molecule has 0 atom stereocenters. The van der Waals surface area contributed by atoms with Crippen LogP contribution in [-0.2, 0) is 17.1 Å². The molecular weight excluding hydrogens is 292 g/mol. The first-order chi connectivity index (χ1) is 8.81. The van der Waals surface area contributed by atoms with Crippen molar-refractivity contribution in [2.75, 3.05) is 4.72 Å². The largest absolute Gasteiger partial charge is 0.476 e. The van der Waals surface area contributed by atoms with Gasteiger partial charge in [0.05, 0.1) is 11.2 Å². The number of carbonyl (C=O) groups is 1. The van der Waals surface area contributed by atoms with Crippen LogP contribution >= 0.6 is 11.3 Å². The summed E-state index contributed by atoms with van der Waals surface area (Å²) >= 11 is 0.745. The number of hydrogen-bond donors (Lipinski definition) is 2. The molecule has 2 heterocycles. The smallest absolute Gasteiger partial charge is 0.356 e. The Kier molecular flexibility index (Phi) is 3.28. The molecule has 2 aromatic heterocycles. The maximum atomic E-state index is 12.1. The highest BCUT2D eigenvalue weighted by Gasteiger charge is 2.26. The lowest BCUT2D eigenvalue weighted by molar-refractivity contribution is 0.0687. The quantitative estimate of drug-likeness (QED) is 0.858. The second kappa shape index (κ2) is 4.63. The van der Waals surface area contributed by atoms with Gasteiger partial charge in [-0.1, -0.05) is 0 Å². The zero-order chi connectivity index (χ0) is 14.2. The van der Waals surface area contributed by atoms with Gasteiger partial charge in [0, 0.05) is 13.1 Å². The normalized spacial score (nSPS) is 11.5. The topological polar surface area (TPSA) is 114 Å². The van der Waals surface area contributed by atoms with Crippen molar-refractivity contribution in [2.45, 2.75) is 11.1 Å². The number of sulfonamides is 1. The lowest BCUT2D eigenvalue weighted by Crippen LogP contribution is -2.17. The van der Waals surface area contributed by atoms with Gasteiger partial charge in [-0.25, -0.2) is 18.2 Å². The SMILES string of the molecule is Cc1cc(NS(=O)(=O)c2scnc2C(=O)O)n(C)n1. The number of aromatic nitrogens is 3. The summed E-state index contributed by atoms with van der Waals surface area (Å²) in [5.41, 5.74) is 1.33. The summed E-state index contributed by atoms with van der Waals surface area (Å²) in [5.74, 6) is -1.13. The van der Waals surface area contributed by atoms with E-state index in [1.807, 2.05) is 0 Å². The first kappa shape index (κ1) is 13.5. The van der Waals surface area contributed by atoms with Crippen molar-refractivity contribution in [3.63, 3.8) is 0 Å². The van der Waals surface area contributed by atoms with E-state index in [9.17, 15) is 13.2 Å². The van der Waals surface area contributed by atoms with Crippen LogP contribution in [0.15, 0.2) is 15.8 Å². The summed E-state index contributed by atoms with van der Waals surface area (Å²) in [6, 6.07) is 1.54. The van der Waals surface area contributed by atoms with Crippen molar-refractivity contribution < 1.29 is 18.3 Å². The number of nitrogens with one attached hydrogen (secondary N) is 1. The molecule has 8 nitrogen and oxygen atoms in total. The molecule has 19 heavy (non-hydrogen) atoms. The third-order valence-corrected chi connectivity index (χ3v) is 4.95. The number of carboxylic acid groups (broad SMARTS) is 1. The van der Waals surface area contributed by atoms with E-state index in [2.05, 4.69) is 14.8 Å². The second-order valence-corrected chi connectivity index (χ2v) is 6.43. The Labute approximate surface area is 112 Å². The predicted molar refractivity (Wildman–Crippen MR) is 67.8 cm³/mol. The molecule has 0 aliphatic carbocycles. The Morgan fingerprint density at radius 1 is 1.53 bits per heavy atom. The summed E-state index contributed by atoms with van der Waals surface area (Å²) in [4.78, 5) is 14.4. The predicted octanol–water partition coefficient (Wildman–Crippen LogP) is 0.684. The van der Waals surface area contributed by atoms with Gasteiger partial charge >= 0.3 is 5.97 Å². The number of thiazole rings is 1. The molecule has 0 saturated carbocycles. The monoisotopic (exact) mass is 302 g/mol. The minimum absolute atomic E-state index is 0.252. The van der Waals surface area contributed by atoms with E-state index < -0.39 is 21.7 Å². The van der Waals surface area contributed by atoms with Crippen LogP contribution in [-0.4, -0.2) is 34.3 Å². The maximum Gasteiger partial charge on any atom is 0.356 e. The molecule has 102 valence electrons. The third kappa shape index (κ3) is 2.58. The summed E-state index contributed by atoms with van der Waals surface area (Å²) in [6.45, 7) is 1.72. The highest BCUT2D eigenvalue weighted by molar-refractivity contribution is 7.94. The molecule has 0 fully saturated rings. The molecule has 0 saturated heterocycles. The number of aryl methyl sites for hydroxylation is 2. The average Bonchev–Trinajstić information content (AvgIpc) is 2.86. The van der Waals surface area contributed by atoms with Gasteiger partial charge in [-0.3, -0.25) is 9.40 Å². The number of nitrogens with zero attached hydrogens (tertiary/aromatic N) is 3. The Hall–Kier alpha value is -1.94. The average molecular weight is 302 g/mol. The van der Waals surface area contributed by atoms with Crippen molar-refractivity contribution in [2.24, 2.45) is 7.05 Å². The van der Waals surface area contributed by atoms with Gasteiger partial charge in [0.1, 0.15) is 5.82 Å². The summed E-state index contributed by atoms with van der Waals surface area (Å²) in [7, 11) is -2.41. The van der Waals surface area contributed by atoms with Gasteiger partial charge in [0.15, 0.2) is 9.90 Å². The van der Waals surface area contributed by atoms with Gasteiger partial charge < -0.3 is 5.11 Å². The minimum atomic E-state index is -3.99. The van der Waals surface area contributed by atoms with Crippen LogP contribution in [0.1, 0.15) is 16.2 Å². The van der Waals surface area contributed by atoms with E-state index >= 15 is 0 Å². The van der Waals surface area contributed by atoms with Gasteiger partial charge in [0.25, 0.3) is 10.0 Å². The highest BCUT2D eigenvalue weighted by atomic mass is 32.2. The molecule has 0 unspecified atom stereocenters. The summed E-state index contributed by atoms with van der Waals surface area (Å²) < 4.78 is 27.5. The number of anilines is 1.